The number of carbonyl (C=O) groups is 1. The second kappa shape index (κ2) is 9.49. The van der Waals surface area contributed by atoms with E-state index in [1.807, 2.05) is 49.4 Å². The van der Waals surface area contributed by atoms with Crippen LogP contribution in [-0.4, -0.2) is 33.4 Å². The Morgan fingerprint density at radius 3 is 2.79 bits per heavy atom. The first-order valence-electron chi connectivity index (χ1n) is 11.4. The molecule has 0 aliphatic carbocycles. The molecule has 1 saturated heterocycles. The summed E-state index contributed by atoms with van der Waals surface area (Å²) in [6.07, 6.45) is 1.92. The van der Waals surface area contributed by atoms with Gasteiger partial charge in [0.15, 0.2) is 0 Å². The van der Waals surface area contributed by atoms with E-state index < -0.39 is 0 Å². The molecule has 33 heavy (non-hydrogen) atoms. The summed E-state index contributed by atoms with van der Waals surface area (Å²) in [5, 5.41) is 3.11. The number of piperidine rings is 1. The SMILES string of the molecule is Cc1cccc(NC(=O)[C@@H]2CCCN(Cc3nc4ccccc4n3-c3cccc(Br)c3)C2)c1. The van der Waals surface area contributed by atoms with Crippen LogP contribution in [0, 0.1) is 12.8 Å². The van der Waals surface area contributed by atoms with Crippen LogP contribution in [0.5, 0.6) is 0 Å². The van der Waals surface area contributed by atoms with E-state index in [1.165, 1.54) is 0 Å². The van der Waals surface area contributed by atoms with Gasteiger partial charge in [0.05, 0.1) is 23.5 Å². The highest BCUT2D eigenvalue weighted by molar-refractivity contribution is 9.10. The highest BCUT2D eigenvalue weighted by Crippen LogP contribution is 2.26. The molecule has 1 atom stereocenters. The number of likely N-dealkylation sites (tertiary alicyclic amines) is 1. The molecule has 2 heterocycles. The first kappa shape index (κ1) is 21.9. The summed E-state index contributed by atoms with van der Waals surface area (Å²) in [5.41, 5.74) is 5.17. The number of amides is 1. The summed E-state index contributed by atoms with van der Waals surface area (Å²) in [6, 6.07) is 24.5. The third-order valence-electron chi connectivity index (χ3n) is 6.22. The van der Waals surface area contributed by atoms with Crippen molar-refractivity contribution in [3.8, 4) is 5.69 Å². The fourth-order valence-electron chi connectivity index (χ4n) is 4.67. The largest absolute Gasteiger partial charge is 0.326 e. The Morgan fingerprint density at radius 2 is 1.94 bits per heavy atom. The van der Waals surface area contributed by atoms with Crippen molar-refractivity contribution in [1.82, 2.24) is 14.5 Å². The van der Waals surface area contributed by atoms with Gasteiger partial charge in [0, 0.05) is 22.4 Å². The van der Waals surface area contributed by atoms with Crippen LogP contribution >= 0.6 is 15.9 Å². The fourth-order valence-corrected chi connectivity index (χ4v) is 5.05. The number of halogens is 1. The van der Waals surface area contributed by atoms with Gasteiger partial charge in [-0.3, -0.25) is 14.3 Å². The topological polar surface area (TPSA) is 50.2 Å². The number of aryl methyl sites for hydroxylation is 1. The summed E-state index contributed by atoms with van der Waals surface area (Å²) < 4.78 is 3.27. The molecule has 5 rings (SSSR count). The molecule has 1 aliphatic rings. The Hall–Kier alpha value is -2.96. The number of hydrogen-bond acceptors (Lipinski definition) is 3. The molecule has 0 radical (unpaired) electrons. The van der Waals surface area contributed by atoms with Gasteiger partial charge in [-0.15, -0.1) is 0 Å². The van der Waals surface area contributed by atoms with E-state index in [0.717, 1.165) is 64.2 Å². The summed E-state index contributed by atoms with van der Waals surface area (Å²) >= 11 is 3.60. The van der Waals surface area contributed by atoms with Crippen molar-refractivity contribution in [3.63, 3.8) is 0 Å². The van der Waals surface area contributed by atoms with E-state index in [2.05, 4.69) is 61.0 Å². The number of carbonyl (C=O) groups excluding carboxylic acids is 1. The number of nitrogens with one attached hydrogen (secondary N) is 1. The first-order chi connectivity index (χ1) is 16.1. The molecule has 6 heteroatoms. The second-order valence-corrected chi connectivity index (χ2v) is 9.68. The number of nitrogens with zero attached hydrogens (tertiary/aromatic N) is 3. The molecular formula is C27H27BrN4O. The van der Waals surface area contributed by atoms with E-state index in [1.54, 1.807) is 0 Å². The predicted octanol–water partition coefficient (Wildman–Crippen LogP) is 5.95. The minimum atomic E-state index is -0.0250. The lowest BCUT2D eigenvalue weighted by molar-refractivity contribution is -0.121. The van der Waals surface area contributed by atoms with Crippen LogP contribution in [0.1, 0.15) is 24.2 Å². The Kier molecular flexibility index (Phi) is 6.29. The summed E-state index contributed by atoms with van der Waals surface area (Å²) in [7, 11) is 0. The molecule has 0 unspecified atom stereocenters. The Labute approximate surface area is 202 Å². The molecule has 4 aromatic rings. The zero-order chi connectivity index (χ0) is 22.8. The van der Waals surface area contributed by atoms with Crippen LogP contribution in [0.25, 0.3) is 16.7 Å². The van der Waals surface area contributed by atoms with Gasteiger partial charge in [0.25, 0.3) is 0 Å². The molecule has 1 aliphatic heterocycles. The van der Waals surface area contributed by atoms with Crippen molar-refractivity contribution in [2.45, 2.75) is 26.3 Å². The van der Waals surface area contributed by atoms with Gasteiger partial charge in [-0.25, -0.2) is 4.98 Å². The van der Waals surface area contributed by atoms with Gasteiger partial charge >= 0.3 is 0 Å². The maximum Gasteiger partial charge on any atom is 0.228 e. The molecule has 168 valence electrons. The number of imidazole rings is 1. The molecule has 1 amide bonds. The molecule has 1 N–H and O–H groups in total. The zero-order valence-corrected chi connectivity index (χ0v) is 20.3. The summed E-state index contributed by atoms with van der Waals surface area (Å²) in [6.45, 7) is 4.44. The number of benzene rings is 3. The third kappa shape index (κ3) is 4.87. The van der Waals surface area contributed by atoms with Crippen LogP contribution in [0.4, 0.5) is 5.69 Å². The Bertz CT molecular complexity index is 1300. The van der Waals surface area contributed by atoms with Gasteiger partial charge in [0.2, 0.25) is 5.91 Å². The average molecular weight is 503 g/mol. The third-order valence-corrected chi connectivity index (χ3v) is 6.72. The average Bonchev–Trinajstić information content (AvgIpc) is 3.17. The number of para-hydroxylation sites is 2. The van der Waals surface area contributed by atoms with Crippen molar-refractivity contribution in [1.29, 1.82) is 0 Å². The van der Waals surface area contributed by atoms with Crippen LogP contribution in [-0.2, 0) is 11.3 Å². The van der Waals surface area contributed by atoms with Crippen LogP contribution in [0.2, 0.25) is 0 Å². The molecule has 1 fully saturated rings. The van der Waals surface area contributed by atoms with Crippen molar-refractivity contribution >= 4 is 38.6 Å². The van der Waals surface area contributed by atoms with Crippen molar-refractivity contribution in [3.05, 3.63) is 88.7 Å². The maximum absolute atomic E-state index is 13.0. The second-order valence-electron chi connectivity index (χ2n) is 8.77. The van der Waals surface area contributed by atoms with Gasteiger partial charge in [-0.1, -0.05) is 46.3 Å². The van der Waals surface area contributed by atoms with Crippen molar-refractivity contribution < 1.29 is 4.79 Å². The van der Waals surface area contributed by atoms with Crippen LogP contribution in [0.15, 0.2) is 77.3 Å². The van der Waals surface area contributed by atoms with Gasteiger partial charge < -0.3 is 5.32 Å². The monoisotopic (exact) mass is 502 g/mol. The number of fused-ring (bicyclic) bond motifs is 1. The lowest BCUT2D eigenvalue weighted by Gasteiger charge is -2.31. The fraction of sp³-hybridized carbons (Fsp3) is 0.259. The van der Waals surface area contributed by atoms with Gasteiger partial charge in [-0.2, -0.15) is 0 Å². The van der Waals surface area contributed by atoms with Crippen LogP contribution in [0.3, 0.4) is 0 Å². The van der Waals surface area contributed by atoms with E-state index in [-0.39, 0.29) is 11.8 Å². The molecule has 1 aromatic heterocycles. The number of rotatable bonds is 5. The smallest absolute Gasteiger partial charge is 0.228 e. The van der Waals surface area contributed by atoms with Gasteiger partial charge in [-0.05, 0) is 74.3 Å². The Morgan fingerprint density at radius 1 is 1.09 bits per heavy atom. The van der Waals surface area contributed by atoms with E-state index >= 15 is 0 Å². The normalized spacial score (nSPS) is 16.7. The molecular weight excluding hydrogens is 476 g/mol. The summed E-state index contributed by atoms with van der Waals surface area (Å²) in [5.74, 6) is 1.07. The van der Waals surface area contributed by atoms with Crippen molar-refractivity contribution in [2.75, 3.05) is 18.4 Å². The van der Waals surface area contributed by atoms with Crippen LogP contribution < -0.4 is 5.32 Å². The molecule has 3 aromatic carbocycles. The molecule has 0 spiro atoms. The minimum Gasteiger partial charge on any atom is -0.326 e. The lowest BCUT2D eigenvalue weighted by Crippen LogP contribution is -2.40. The Balaban J connectivity index is 1.37. The van der Waals surface area contributed by atoms with E-state index in [4.69, 9.17) is 4.98 Å². The zero-order valence-electron chi connectivity index (χ0n) is 18.7. The maximum atomic E-state index is 13.0. The molecule has 5 nitrogen and oxygen atoms in total. The number of anilines is 1. The number of hydrogen-bond donors (Lipinski definition) is 1. The standard InChI is InChI=1S/C27H27BrN4O/c1-19-7-4-10-22(15-19)29-27(33)20-8-6-14-31(17-20)18-26-30-24-12-2-3-13-25(24)32(26)23-11-5-9-21(28)16-23/h2-5,7,9-13,15-16,20H,6,8,14,17-18H2,1H3,(H,29,33)/t20-/m1/s1. The highest BCUT2D eigenvalue weighted by Gasteiger charge is 2.27. The predicted molar refractivity (Wildman–Crippen MR) is 137 cm³/mol. The minimum absolute atomic E-state index is 0.0250. The highest BCUT2D eigenvalue weighted by atomic mass is 79.9. The van der Waals surface area contributed by atoms with E-state index in [0.29, 0.717) is 6.54 Å². The molecule has 0 saturated carbocycles. The first-order valence-corrected chi connectivity index (χ1v) is 12.2. The van der Waals surface area contributed by atoms with Crippen molar-refractivity contribution in [2.24, 2.45) is 5.92 Å². The lowest BCUT2D eigenvalue weighted by atomic mass is 9.97. The quantitative estimate of drug-likeness (QED) is 0.366. The summed E-state index contributed by atoms with van der Waals surface area (Å²) in [4.78, 5) is 20.3. The van der Waals surface area contributed by atoms with E-state index in [9.17, 15) is 4.79 Å². The number of aromatic nitrogens is 2. The van der Waals surface area contributed by atoms with Gasteiger partial charge in [0.1, 0.15) is 5.82 Å². The molecule has 0 bridgehead atoms.